The van der Waals surface area contributed by atoms with Crippen molar-refractivity contribution >= 4 is 11.3 Å². The second-order valence-electron chi connectivity index (χ2n) is 3.80. The van der Waals surface area contributed by atoms with Gasteiger partial charge in [-0.15, -0.1) is 11.3 Å². The summed E-state index contributed by atoms with van der Waals surface area (Å²) in [6, 6.07) is 0. The summed E-state index contributed by atoms with van der Waals surface area (Å²) in [5.74, 6) is 0.662. The first kappa shape index (κ1) is 10.1. The van der Waals surface area contributed by atoms with Crippen LogP contribution in [0.4, 0.5) is 0 Å². The van der Waals surface area contributed by atoms with E-state index in [4.69, 9.17) is 4.74 Å². The summed E-state index contributed by atoms with van der Waals surface area (Å²) in [6.07, 6.45) is 1.56. The summed E-state index contributed by atoms with van der Waals surface area (Å²) in [7, 11) is 0. The topological polar surface area (TPSA) is 34.1 Å². The molecule has 2 heterocycles. The molecule has 0 aliphatic carbocycles. The molecule has 3 nitrogen and oxygen atoms in total. The lowest BCUT2D eigenvalue weighted by Crippen LogP contribution is -2.40. The third kappa shape index (κ3) is 2.53. The summed E-state index contributed by atoms with van der Waals surface area (Å²) in [5.41, 5.74) is 2.90. The Morgan fingerprint density at radius 2 is 2.64 bits per heavy atom. The van der Waals surface area contributed by atoms with Crippen LogP contribution in [0.5, 0.6) is 0 Å². The van der Waals surface area contributed by atoms with Gasteiger partial charge >= 0.3 is 0 Å². The molecule has 2 unspecified atom stereocenters. The van der Waals surface area contributed by atoms with Crippen molar-refractivity contribution in [3.05, 3.63) is 16.6 Å². The lowest BCUT2D eigenvalue weighted by molar-refractivity contribution is -0.00777. The molecule has 78 valence electrons. The SMILES string of the molecule is CC1CCNCC1OCc1cscn1. The van der Waals surface area contributed by atoms with Crippen LogP contribution in [0.3, 0.4) is 0 Å². The minimum Gasteiger partial charge on any atom is -0.370 e. The van der Waals surface area contributed by atoms with Gasteiger partial charge in [0.2, 0.25) is 0 Å². The predicted octanol–water partition coefficient (Wildman–Crippen LogP) is 1.66. The molecule has 2 rings (SSSR count). The third-order valence-corrected chi connectivity index (χ3v) is 3.32. The number of nitrogens with one attached hydrogen (secondary N) is 1. The van der Waals surface area contributed by atoms with Crippen LogP contribution in [0, 0.1) is 5.92 Å². The van der Waals surface area contributed by atoms with Crippen LogP contribution in [0.25, 0.3) is 0 Å². The monoisotopic (exact) mass is 212 g/mol. The molecule has 0 saturated carbocycles. The van der Waals surface area contributed by atoms with Gasteiger partial charge < -0.3 is 10.1 Å². The highest BCUT2D eigenvalue weighted by Gasteiger charge is 2.21. The van der Waals surface area contributed by atoms with Gasteiger partial charge in [-0.3, -0.25) is 0 Å². The highest BCUT2D eigenvalue weighted by molar-refractivity contribution is 7.07. The molecule has 1 N–H and O–H groups in total. The minimum atomic E-state index is 0.352. The molecule has 1 aromatic heterocycles. The normalized spacial score (nSPS) is 27.8. The lowest BCUT2D eigenvalue weighted by atomic mass is 9.97. The van der Waals surface area contributed by atoms with Crippen LogP contribution in [0.15, 0.2) is 10.9 Å². The molecule has 0 bridgehead atoms. The number of hydrogen-bond donors (Lipinski definition) is 1. The Morgan fingerprint density at radius 1 is 1.71 bits per heavy atom. The van der Waals surface area contributed by atoms with Crippen LogP contribution in [-0.4, -0.2) is 24.2 Å². The highest BCUT2D eigenvalue weighted by Crippen LogP contribution is 2.16. The number of rotatable bonds is 3. The molecule has 0 amide bonds. The zero-order chi connectivity index (χ0) is 9.80. The van der Waals surface area contributed by atoms with Gasteiger partial charge in [0.1, 0.15) is 0 Å². The van der Waals surface area contributed by atoms with E-state index in [9.17, 15) is 0 Å². The second-order valence-corrected chi connectivity index (χ2v) is 4.52. The number of nitrogens with zero attached hydrogens (tertiary/aromatic N) is 1. The quantitative estimate of drug-likeness (QED) is 0.827. The minimum absolute atomic E-state index is 0.352. The van der Waals surface area contributed by atoms with Crippen molar-refractivity contribution in [2.24, 2.45) is 5.92 Å². The smallest absolute Gasteiger partial charge is 0.0900 e. The molecular weight excluding hydrogens is 196 g/mol. The second kappa shape index (κ2) is 4.87. The van der Waals surface area contributed by atoms with Gasteiger partial charge in [0.25, 0.3) is 0 Å². The molecule has 0 radical (unpaired) electrons. The average molecular weight is 212 g/mol. The van der Waals surface area contributed by atoms with Crippen LogP contribution >= 0.6 is 11.3 Å². The summed E-state index contributed by atoms with van der Waals surface area (Å²) in [4.78, 5) is 4.20. The Kier molecular flexibility index (Phi) is 3.50. The third-order valence-electron chi connectivity index (χ3n) is 2.69. The van der Waals surface area contributed by atoms with Crippen molar-refractivity contribution < 1.29 is 4.74 Å². The van der Waals surface area contributed by atoms with Gasteiger partial charge in [-0.25, -0.2) is 4.98 Å². The lowest BCUT2D eigenvalue weighted by Gasteiger charge is -2.29. The fourth-order valence-corrected chi connectivity index (χ4v) is 2.23. The molecule has 0 spiro atoms. The van der Waals surface area contributed by atoms with Gasteiger partial charge in [-0.05, 0) is 18.9 Å². The number of piperidine rings is 1. The molecule has 14 heavy (non-hydrogen) atoms. The van der Waals surface area contributed by atoms with E-state index in [1.807, 2.05) is 10.9 Å². The predicted molar refractivity (Wildman–Crippen MR) is 57.3 cm³/mol. The van der Waals surface area contributed by atoms with E-state index >= 15 is 0 Å². The molecule has 1 aromatic rings. The van der Waals surface area contributed by atoms with Crippen molar-refractivity contribution in [3.8, 4) is 0 Å². The van der Waals surface area contributed by atoms with Gasteiger partial charge in [-0.2, -0.15) is 0 Å². The van der Waals surface area contributed by atoms with E-state index in [1.54, 1.807) is 11.3 Å². The van der Waals surface area contributed by atoms with Crippen molar-refractivity contribution in [2.75, 3.05) is 13.1 Å². The Bertz CT molecular complexity index is 263. The maximum atomic E-state index is 5.82. The first-order chi connectivity index (χ1) is 6.86. The fourth-order valence-electron chi connectivity index (χ4n) is 1.69. The number of ether oxygens (including phenoxy) is 1. The van der Waals surface area contributed by atoms with Gasteiger partial charge in [0, 0.05) is 11.9 Å². The average Bonchev–Trinajstić information content (AvgIpc) is 2.69. The summed E-state index contributed by atoms with van der Waals surface area (Å²) in [5, 5.41) is 5.40. The largest absolute Gasteiger partial charge is 0.370 e. The van der Waals surface area contributed by atoms with E-state index in [2.05, 4.69) is 17.2 Å². The standard InChI is InChI=1S/C10H16N2OS/c1-8-2-3-11-4-10(8)13-5-9-6-14-7-12-9/h6-8,10-11H,2-5H2,1H3. The first-order valence-corrected chi connectivity index (χ1v) is 6.00. The number of aromatic nitrogens is 1. The van der Waals surface area contributed by atoms with Crippen molar-refractivity contribution in [2.45, 2.75) is 26.1 Å². The number of hydrogen-bond acceptors (Lipinski definition) is 4. The van der Waals surface area contributed by atoms with E-state index in [0.29, 0.717) is 18.6 Å². The maximum absolute atomic E-state index is 5.82. The van der Waals surface area contributed by atoms with E-state index in [0.717, 1.165) is 18.8 Å². The summed E-state index contributed by atoms with van der Waals surface area (Å²) >= 11 is 1.62. The molecular formula is C10H16N2OS. The Morgan fingerprint density at radius 3 is 3.36 bits per heavy atom. The van der Waals surface area contributed by atoms with E-state index < -0.39 is 0 Å². The first-order valence-electron chi connectivity index (χ1n) is 5.05. The molecule has 1 aliphatic rings. The zero-order valence-electron chi connectivity index (χ0n) is 8.40. The van der Waals surface area contributed by atoms with Crippen molar-refractivity contribution in [1.82, 2.24) is 10.3 Å². The molecule has 0 aromatic carbocycles. The summed E-state index contributed by atoms with van der Waals surface area (Å²) in [6.45, 7) is 5.01. The zero-order valence-corrected chi connectivity index (χ0v) is 9.22. The van der Waals surface area contributed by atoms with Gasteiger partial charge in [0.05, 0.1) is 23.9 Å². The van der Waals surface area contributed by atoms with Crippen LogP contribution < -0.4 is 5.32 Å². The number of thiazole rings is 1. The van der Waals surface area contributed by atoms with E-state index in [-0.39, 0.29) is 0 Å². The Balaban J connectivity index is 1.79. The maximum Gasteiger partial charge on any atom is 0.0900 e. The molecule has 2 atom stereocenters. The van der Waals surface area contributed by atoms with Crippen LogP contribution in [0.2, 0.25) is 0 Å². The Hall–Kier alpha value is -0.450. The van der Waals surface area contributed by atoms with E-state index in [1.165, 1.54) is 6.42 Å². The highest BCUT2D eigenvalue weighted by atomic mass is 32.1. The molecule has 1 aliphatic heterocycles. The van der Waals surface area contributed by atoms with Crippen LogP contribution in [-0.2, 0) is 11.3 Å². The molecule has 1 saturated heterocycles. The fraction of sp³-hybridized carbons (Fsp3) is 0.700. The van der Waals surface area contributed by atoms with Gasteiger partial charge in [0.15, 0.2) is 0 Å². The Labute approximate surface area is 88.5 Å². The summed E-state index contributed by atoms with van der Waals surface area (Å²) < 4.78 is 5.82. The van der Waals surface area contributed by atoms with Gasteiger partial charge in [-0.1, -0.05) is 6.92 Å². The molecule has 1 fully saturated rings. The van der Waals surface area contributed by atoms with Crippen molar-refractivity contribution in [3.63, 3.8) is 0 Å². The molecule has 4 heteroatoms. The van der Waals surface area contributed by atoms with Crippen molar-refractivity contribution in [1.29, 1.82) is 0 Å². The van der Waals surface area contributed by atoms with Crippen LogP contribution in [0.1, 0.15) is 19.0 Å².